The molecular formula is C16H21NO3. The van der Waals surface area contributed by atoms with Crippen LogP contribution in [0.5, 0.6) is 5.75 Å². The Balaban J connectivity index is 1.68. The second-order valence-electron chi connectivity index (χ2n) is 5.96. The molecule has 4 nitrogen and oxygen atoms in total. The van der Waals surface area contributed by atoms with Gasteiger partial charge in [-0.15, -0.1) is 0 Å². The predicted molar refractivity (Wildman–Crippen MR) is 75.7 cm³/mol. The lowest BCUT2D eigenvalue weighted by Crippen LogP contribution is -2.49. The molecule has 2 aliphatic rings. The summed E-state index contributed by atoms with van der Waals surface area (Å²) in [5, 5.41) is 13.3. The summed E-state index contributed by atoms with van der Waals surface area (Å²) >= 11 is 0. The van der Waals surface area contributed by atoms with E-state index in [2.05, 4.69) is 5.32 Å². The fourth-order valence-corrected chi connectivity index (χ4v) is 3.23. The van der Waals surface area contributed by atoms with Crippen molar-refractivity contribution in [2.75, 3.05) is 6.61 Å². The van der Waals surface area contributed by atoms with Crippen molar-refractivity contribution in [3.05, 3.63) is 29.8 Å². The van der Waals surface area contributed by atoms with Gasteiger partial charge in [-0.2, -0.15) is 0 Å². The van der Waals surface area contributed by atoms with E-state index in [1.54, 1.807) is 0 Å². The van der Waals surface area contributed by atoms with Crippen LogP contribution in [-0.2, 0) is 4.79 Å². The van der Waals surface area contributed by atoms with Crippen LogP contribution in [0.2, 0.25) is 0 Å². The number of carbonyl (C=O) groups excluding carboxylic acids is 1. The van der Waals surface area contributed by atoms with Crippen molar-refractivity contribution >= 4 is 5.91 Å². The highest BCUT2D eigenvalue weighted by Crippen LogP contribution is 2.36. The highest BCUT2D eigenvalue weighted by atomic mass is 16.5. The molecule has 0 saturated heterocycles. The number of nitrogens with one attached hydrogen (secondary N) is 1. The summed E-state index contributed by atoms with van der Waals surface area (Å²) in [6, 6.07) is 7.88. The quantitative estimate of drug-likeness (QED) is 0.886. The Hall–Kier alpha value is -1.55. The molecule has 1 aliphatic heterocycles. The summed E-state index contributed by atoms with van der Waals surface area (Å²) in [6.45, 7) is 2.56. The Bertz CT molecular complexity index is 508. The van der Waals surface area contributed by atoms with E-state index < -0.39 is 5.60 Å². The van der Waals surface area contributed by atoms with Gasteiger partial charge in [-0.1, -0.05) is 18.2 Å². The molecule has 1 aromatic rings. The number of carbonyl (C=O) groups is 1. The predicted octanol–water partition coefficient (Wildman–Crippen LogP) is 1.97. The standard InChI is InChI=1S/C16H21NO3/c1-11(17-15(18)16(19)8-4-5-9-16)13-10-20-14-7-3-2-6-12(13)14/h2-3,6-7,11,13,19H,4-5,8-10H2,1H3,(H,17,18). The molecule has 1 amide bonds. The molecule has 0 aromatic heterocycles. The molecular weight excluding hydrogens is 254 g/mol. The van der Waals surface area contributed by atoms with Crippen molar-refractivity contribution in [3.63, 3.8) is 0 Å². The molecule has 20 heavy (non-hydrogen) atoms. The van der Waals surface area contributed by atoms with Crippen LogP contribution in [0, 0.1) is 0 Å². The molecule has 2 atom stereocenters. The highest BCUT2D eigenvalue weighted by Gasteiger charge is 2.40. The van der Waals surface area contributed by atoms with Gasteiger partial charge in [0.2, 0.25) is 0 Å². The SMILES string of the molecule is CC(NC(=O)C1(O)CCCC1)C1COc2ccccc21. The molecule has 0 spiro atoms. The van der Waals surface area contributed by atoms with Crippen LogP contribution in [0.15, 0.2) is 24.3 Å². The molecule has 4 heteroatoms. The van der Waals surface area contributed by atoms with E-state index in [0.717, 1.165) is 24.2 Å². The van der Waals surface area contributed by atoms with Crippen LogP contribution in [0.4, 0.5) is 0 Å². The summed E-state index contributed by atoms with van der Waals surface area (Å²) in [5.74, 6) is 0.824. The zero-order valence-electron chi connectivity index (χ0n) is 11.8. The zero-order valence-corrected chi connectivity index (χ0v) is 11.8. The lowest BCUT2D eigenvalue weighted by atomic mass is 9.93. The van der Waals surface area contributed by atoms with E-state index >= 15 is 0 Å². The Morgan fingerprint density at radius 2 is 2.10 bits per heavy atom. The number of fused-ring (bicyclic) bond motifs is 1. The summed E-state index contributed by atoms with van der Waals surface area (Å²) in [4.78, 5) is 12.2. The first-order valence-corrected chi connectivity index (χ1v) is 7.35. The fourth-order valence-electron chi connectivity index (χ4n) is 3.23. The molecule has 1 heterocycles. The van der Waals surface area contributed by atoms with Gasteiger partial charge in [0.15, 0.2) is 0 Å². The van der Waals surface area contributed by atoms with Crippen molar-refractivity contribution < 1.29 is 14.6 Å². The monoisotopic (exact) mass is 275 g/mol. The molecule has 2 unspecified atom stereocenters. The van der Waals surface area contributed by atoms with Gasteiger partial charge in [0, 0.05) is 17.5 Å². The number of para-hydroxylation sites is 1. The molecule has 1 saturated carbocycles. The highest BCUT2D eigenvalue weighted by molar-refractivity contribution is 5.85. The minimum atomic E-state index is -1.16. The van der Waals surface area contributed by atoms with Gasteiger partial charge in [0.25, 0.3) is 5.91 Å². The van der Waals surface area contributed by atoms with Gasteiger partial charge in [-0.3, -0.25) is 4.79 Å². The van der Waals surface area contributed by atoms with Crippen molar-refractivity contribution in [2.45, 2.75) is 50.2 Å². The molecule has 1 fully saturated rings. The van der Waals surface area contributed by atoms with Gasteiger partial charge in [-0.05, 0) is 38.7 Å². The largest absolute Gasteiger partial charge is 0.493 e. The number of hydrogen-bond acceptors (Lipinski definition) is 3. The zero-order chi connectivity index (χ0) is 14.2. The number of amides is 1. The normalized spacial score (nSPS) is 24.8. The summed E-state index contributed by atoms with van der Waals surface area (Å²) in [5.41, 5.74) is -0.0218. The number of rotatable bonds is 3. The summed E-state index contributed by atoms with van der Waals surface area (Å²) in [7, 11) is 0. The topological polar surface area (TPSA) is 58.6 Å². The van der Waals surface area contributed by atoms with Gasteiger partial charge in [-0.25, -0.2) is 0 Å². The number of aliphatic hydroxyl groups is 1. The average Bonchev–Trinajstić information content (AvgIpc) is 3.05. The molecule has 0 bridgehead atoms. The molecule has 3 rings (SSSR count). The maximum atomic E-state index is 12.2. The first-order chi connectivity index (χ1) is 9.60. The first kappa shape index (κ1) is 13.4. The molecule has 1 aliphatic carbocycles. The number of ether oxygens (including phenoxy) is 1. The fraction of sp³-hybridized carbons (Fsp3) is 0.562. The lowest BCUT2D eigenvalue weighted by molar-refractivity contribution is -0.140. The van der Waals surface area contributed by atoms with E-state index in [9.17, 15) is 9.90 Å². The third kappa shape index (κ3) is 2.29. The van der Waals surface area contributed by atoms with E-state index in [4.69, 9.17) is 4.74 Å². The maximum Gasteiger partial charge on any atom is 0.252 e. The van der Waals surface area contributed by atoms with Gasteiger partial charge < -0.3 is 15.2 Å². The average molecular weight is 275 g/mol. The van der Waals surface area contributed by atoms with Crippen LogP contribution < -0.4 is 10.1 Å². The second kappa shape index (κ2) is 5.09. The summed E-state index contributed by atoms with van der Waals surface area (Å²) < 4.78 is 5.65. The Morgan fingerprint density at radius 3 is 2.85 bits per heavy atom. The van der Waals surface area contributed by atoms with Crippen LogP contribution in [0.1, 0.15) is 44.1 Å². The Kier molecular flexibility index (Phi) is 3.42. The molecule has 1 aromatic carbocycles. The minimum Gasteiger partial charge on any atom is -0.493 e. The lowest BCUT2D eigenvalue weighted by Gasteiger charge is -2.26. The summed E-state index contributed by atoms with van der Waals surface area (Å²) in [6.07, 6.45) is 2.99. The second-order valence-corrected chi connectivity index (χ2v) is 5.96. The smallest absolute Gasteiger partial charge is 0.252 e. The third-order valence-corrected chi connectivity index (χ3v) is 4.55. The van der Waals surface area contributed by atoms with Crippen molar-refractivity contribution in [3.8, 4) is 5.75 Å². The maximum absolute atomic E-state index is 12.2. The number of hydrogen-bond donors (Lipinski definition) is 2. The first-order valence-electron chi connectivity index (χ1n) is 7.35. The Morgan fingerprint density at radius 1 is 1.40 bits per heavy atom. The van der Waals surface area contributed by atoms with Crippen LogP contribution in [-0.4, -0.2) is 29.3 Å². The van der Waals surface area contributed by atoms with Gasteiger partial charge >= 0.3 is 0 Å². The van der Waals surface area contributed by atoms with Crippen molar-refractivity contribution in [2.24, 2.45) is 0 Å². The van der Waals surface area contributed by atoms with Gasteiger partial charge in [0.1, 0.15) is 11.4 Å². The van der Waals surface area contributed by atoms with E-state index in [1.807, 2.05) is 31.2 Å². The van der Waals surface area contributed by atoms with E-state index in [-0.39, 0.29) is 17.9 Å². The van der Waals surface area contributed by atoms with Crippen LogP contribution in [0.3, 0.4) is 0 Å². The molecule has 2 N–H and O–H groups in total. The molecule has 108 valence electrons. The van der Waals surface area contributed by atoms with Crippen LogP contribution >= 0.6 is 0 Å². The minimum absolute atomic E-state index is 0.0456. The van der Waals surface area contributed by atoms with Crippen molar-refractivity contribution in [1.29, 1.82) is 0 Å². The van der Waals surface area contributed by atoms with E-state index in [1.165, 1.54) is 0 Å². The van der Waals surface area contributed by atoms with E-state index in [0.29, 0.717) is 19.4 Å². The van der Waals surface area contributed by atoms with Crippen LogP contribution in [0.25, 0.3) is 0 Å². The Labute approximate surface area is 119 Å². The van der Waals surface area contributed by atoms with Crippen molar-refractivity contribution in [1.82, 2.24) is 5.32 Å². The van der Waals surface area contributed by atoms with Gasteiger partial charge in [0.05, 0.1) is 6.61 Å². The number of benzene rings is 1. The molecule has 0 radical (unpaired) electrons. The third-order valence-electron chi connectivity index (χ3n) is 4.55.